The standard InChI is InChI=1S/C30H32N2O4/c1-35-26-15-11-24(12-16-26)19-21-31-29(33)28(10-6-9-23-7-4-3-5-8-23)30(34)32-22-20-25-13-17-27(36-2)18-14-25/h3-18H,19-22H2,1-2H3,(H,31,33)(H,32,34)/b9-6+. The zero-order chi connectivity index (χ0) is 25.6. The van der Waals surface area contributed by atoms with Crippen molar-refractivity contribution >= 4 is 17.9 Å². The Morgan fingerprint density at radius 1 is 0.694 bits per heavy atom. The smallest absolute Gasteiger partial charge is 0.256 e. The molecule has 0 unspecified atom stereocenters. The van der Waals surface area contributed by atoms with Crippen LogP contribution in [0.2, 0.25) is 0 Å². The molecule has 6 nitrogen and oxygen atoms in total. The van der Waals surface area contributed by atoms with E-state index in [0.717, 1.165) is 28.2 Å². The van der Waals surface area contributed by atoms with Crippen LogP contribution in [0, 0.1) is 0 Å². The Hall–Kier alpha value is -4.32. The molecule has 0 spiro atoms. The highest BCUT2D eigenvalue weighted by atomic mass is 16.5. The fourth-order valence-corrected chi connectivity index (χ4v) is 3.49. The molecule has 0 aliphatic rings. The molecule has 3 aromatic carbocycles. The summed E-state index contributed by atoms with van der Waals surface area (Å²) in [6, 6.07) is 25.1. The Morgan fingerprint density at radius 3 is 1.61 bits per heavy atom. The minimum Gasteiger partial charge on any atom is -0.497 e. The molecule has 36 heavy (non-hydrogen) atoms. The Balaban J connectivity index is 1.61. The van der Waals surface area contributed by atoms with Crippen LogP contribution < -0.4 is 20.1 Å². The van der Waals surface area contributed by atoms with Crippen molar-refractivity contribution in [2.24, 2.45) is 0 Å². The van der Waals surface area contributed by atoms with Crippen molar-refractivity contribution in [3.8, 4) is 11.5 Å². The summed E-state index contributed by atoms with van der Waals surface area (Å²) < 4.78 is 10.4. The molecule has 3 aromatic rings. The van der Waals surface area contributed by atoms with E-state index in [4.69, 9.17) is 9.47 Å². The number of benzene rings is 3. The predicted molar refractivity (Wildman–Crippen MR) is 143 cm³/mol. The summed E-state index contributed by atoms with van der Waals surface area (Å²) in [5.74, 6) is 0.736. The van der Waals surface area contributed by atoms with Crippen LogP contribution in [0.5, 0.6) is 11.5 Å². The minimum absolute atomic E-state index is 0.0617. The molecule has 0 fully saturated rings. The Bertz CT molecular complexity index is 1100. The van der Waals surface area contributed by atoms with Crippen LogP contribution in [0.15, 0.2) is 96.6 Å². The number of amides is 2. The summed E-state index contributed by atoms with van der Waals surface area (Å²) in [6.07, 6.45) is 6.41. The van der Waals surface area contributed by atoms with Gasteiger partial charge in [-0.3, -0.25) is 9.59 Å². The van der Waals surface area contributed by atoms with Crippen LogP contribution in [0.3, 0.4) is 0 Å². The van der Waals surface area contributed by atoms with Gasteiger partial charge in [0.1, 0.15) is 17.1 Å². The number of hydrogen-bond acceptors (Lipinski definition) is 4. The first-order chi connectivity index (χ1) is 17.6. The molecule has 0 saturated carbocycles. The van der Waals surface area contributed by atoms with Crippen molar-refractivity contribution in [3.05, 3.63) is 113 Å². The lowest BCUT2D eigenvalue weighted by atomic mass is 10.1. The number of carbonyl (C=O) groups excluding carboxylic acids is 2. The number of hydrogen-bond donors (Lipinski definition) is 2. The second-order valence-corrected chi connectivity index (χ2v) is 8.06. The van der Waals surface area contributed by atoms with Crippen LogP contribution in [-0.4, -0.2) is 39.1 Å². The summed E-state index contributed by atoms with van der Waals surface area (Å²) in [5, 5.41) is 5.73. The summed E-state index contributed by atoms with van der Waals surface area (Å²) in [4.78, 5) is 25.8. The van der Waals surface area contributed by atoms with E-state index in [-0.39, 0.29) is 5.57 Å². The molecule has 6 heteroatoms. The van der Waals surface area contributed by atoms with Crippen LogP contribution in [0.4, 0.5) is 0 Å². The van der Waals surface area contributed by atoms with Gasteiger partial charge in [0.15, 0.2) is 0 Å². The number of ether oxygens (including phenoxy) is 2. The molecule has 0 saturated heterocycles. The van der Waals surface area contributed by atoms with Crippen LogP contribution in [0.1, 0.15) is 16.7 Å². The zero-order valence-corrected chi connectivity index (χ0v) is 20.7. The van der Waals surface area contributed by atoms with Crippen LogP contribution in [-0.2, 0) is 22.4 Å². The molecule has 3 rings (SSSR count). The van der Waals surface area contributed by atoms with Gasteiger partial charge in [0.25, 0.3) is 11.8 Å². The van der Waals surface area contributed by atoms with Gasteiger partial charge >= 0.3 is 0 Å². The molecule has 2 amide bonds. The number of carbonyl (C=O) groups is 2. The Labute approximate surface area is 212 Å². The fourth-order valence-electron chi connectivity index (χ4n) is 3.49. The summed E-state index contributed by atoms with van der Waals surface area (Å²) >= 11 is 0. The van der Waals surface area contributed by atoms with E-state index in [0.29, 0.717) is 25.9 Å². The van der Waals surface area contributed by atoms with Crippen molar-refractivity contribution in [1.29, 1.82) is 0 Å². The largest absolute Gasteiger partial charge is 0.497 e. The van der Waals surface area contributed by atoms with Crippen LogP contribution >= 0.6 is 0 Å². The molecular weight excluding hydrogens is 452 g/mol. The molecule has 0 aliphatic carbocycles. The normalized spacial score (nSPS) is 10.5. The van der Waals surface area contributed by atoms with Gasteiger partial charge in [0.05, 0.1) is 14.2 Å². The van der Waals surface area contributed by atoms with Gasteiger partial charge in [-0.05, 0) is 59.9 Å². The molecule has 186 valence electrons. The van der Waals surface area contributed by atoms with Crippen molar-refractivity contribution in [3.63, 3.8) is 0 Å². The third kappa shape index (κ3) is 8.47. The molecule has 0 atom stereocenters. The van der Waals surface area contributed by atoms with E-state index >= 15 is 0 Å². The maximum atomic E-state index is 12.9. The van der Waals surface area contributed by atoms with E-state index < -0.39 is 11.8 Å². The molecule has 0 heterocycles. The zero-order valence-electron chi connectivity index (χ0n) is 20.7. The van der Waals surface area contributed by atoms with Gasteiger partial charge in [-0.15, -0.1) is 0 Å². The summed E-state index contributed by atoms with van der Waals surface area (Å²) in [7, 11) is 3.24. The van der Waals surface area contributed by atoms with Gasteiger partial charge in [-0.1, -0.05) is 66.7 Å². The second kappa shape index (κ2) is 14.2. The summed E-state index contributed by atoms with van der Waals surface area (Å²) in [6.45, 7) is 0.814. The lowest BCUT2D eigenvalue weighted by Gasteiger charge is -2.10. The van der Waals surface area contributed by atoms with Gasteiger partial charge in [0.2, 0.25) is 0 Å². The first-order valence-electron chi connectivity index (χ1n) is 11.8. The van der Waals surface area contributed by atoms with Crippen molar-refractivity contribution in [2.75, 3.05) is 27.3 Å². The second-order valence-electron chi connectivity index (χ2n) is 8.06. The third-order valence-corrected chi connectivity index (χ3v) is 5.56. The van der Waals surface area contributed by atoms with Crippen molar-refractivity contribution in [1.82, 2.24) is 10.6 Å². The first kappa shape index (κ1) is 26.3. The quantitative estimate of drug-likeness (QED) is 0.173. The van der Waals surface area contributed by atoms with E-state index in [1.54, 1.807) is 26.4 Å². The Kier molecular flexibility index (Phi) is 10.3. The highest BCUT2D eigenvalue weighted by molar-refractivity contribution is 6.18. The maximum Gasteiger partial charge on any atom is 0.256 e. The highest BCUT2D eigenvalue weighted by Crippen LogP contribution is 2.12. The number of methoxy groups -OCH3 is 2. The van der Waals surface area contributed by atoms with E-state index in [1.807, 2.05) is 84.9 Å². The average Bonchev–Trinajstić information content (AvgIpc) is 2.92. The SMILES string of the molecule is COc1ccc(CCNC(=O)C(=C/C=C/c2ccccc2)C(=O)NCCc2ccc(OC)cc2)cc1. The third-order valence-electron chi connectivity index (χ3n) is 5.56. The lowest BCUT2D eigenvalue weighted by Crippen LogP contribution is -2.36. The topological polar surface area (TPSA) is 76.7 Å². The van der Waals surface area contributed by atoms with Crippen molar-refractivity contribution in [2.45, 2.75) is 12.8 Å². The van der Waals surface area contributed by atoms with Crippen LogP contribution in [0.25, 0.3) is 6.08 Å². The summed E-state index contributed by atoms with van der Waals surface area (Å²) in [5.41, 5.74) is 3.17. The molecule has 0 aliphatic heterocycles. The van der Waals surface area contributed by atoms with E-state index in [9.17, 15) is 9.59 Å². The van der Waals surface area contributed by atoms with Gasteiger partial charge in [-0.25, -0.2) is 0 Å². The van der Waals surface area contributed by atoms with E-state index in [2.05, 4.69) is 10.6 Å². The number of nitrogens with one attached hydrogen (secondary N) is 2. The highest BCUT2D eigenvalue weighted by Gasteiger charge is 2.17. The first-order valence-corrected chi connectivity index (χ1v) is 11.8. The monoisotopic (exact) mass is 484 g/mol. The maximum absolute atomic E-state index is 12.9. The average molecular weight is 485 g/mol. The molecule has 0 bridgehead atoms. The number of allylic oxidation sites excluding steroid dienone is 2. The molecule has 2 N–H and O–H groups in total. The Morgan fingerprint density at radius 2 is 1.17 bits per heavy atom. The van der Waals surface area contributed by atoms with Gasteiger partial charge in [0, 0.05) is 13.1 Å². The molecule has 0 radical (unpaired) electrons. The molecular formula is C30H32N2O4. The van der Waals surface area contributed by atoms with Gasteiger partial charge in [-0.2, -0.15) is 0 Å². The molecule has 0 aromatic heterocycles. The minimum atomic E-state index is -0.414. The fraction of sp³-hybridized carbons (Fsp3) is 0.200. The van der Waals surface area contributed by atoms with Crippen molar-refractivity contribution < 1.29 is 19.1 Å². The lowest BCUT2D eigenvalue weighted by molar-refractivity contribution is -0.123. The number of rotatable bonds is 12. The van der Waals surface area contributed by atoms with E-state index in [1.165, 1.54) is 0 Å². The predicted octanol–water partition coefficient (Wildman–Crippen LogP) is 4.36. The van der Waals surface area contributed by atoms with Gasteiger partial charge < -0.3 is 20.1 Å².